The number of aryl methyl sites for hydroxylation is 1. The van der Waals surface area contributed by atoms with Crippen LogP contribution < -0.4 is 10.1 Å². The van der Waals surface area contributed by atoms with E-state index in [2.05, 4.69) is 60.3 Å². The van der Waals surface area contributed by atoms with Crippen molar-refractivity contribution in [2.24, 2.45) is 7.05 Å². The molecular formula is C26H32BFN7O2Si. The molecule has 197 valence electrons. The van der Waals surface area contributed by atoms with Gasteiger partial charge in [0, 0.05) is 49.1 Å². The fraction of sp³-hybridized carbons (Fsp3) is 0.423. The highest BCUT2D eigenvalue weighted by Gasteiger charge is 2.44. The Balaban J connectivity index is 1.79. The Morgan fingerprint density at radius 1 is 1.37 bits per heavy atom. The van der Waals surface area contributed by atoms with Gasteiger partial charge in [0.2, 0.25) is 5.95 Å². The lowest BCUT2D eigenvalue weighted by Crippen LogP contribution is -2.46. The van der Waals surface area contributed by atoms with E-state index in [-0.39, 0.29) is 16.7 Å². The molecular weight excluding hydrogens is 500 g/mol. The van der Waals surface area contributed by atoms with Crippen molar-refractivity contribution in [2.45, 2.75) is 51.2 Å². The van der Waals surface area contributed by atoms with Crippen molar-refractivity contribution >= 4 is 39.4 Å². The molecule has 1 atom stereocenters. The van der Waals surface area contributed by atoms with Crippen LogP contribution in [0.4, 0.5) is 21.8 Å². The molecule has 9 nitrogen and oxygen atoms in total. The van der Waals surface area contributed by atoms with Crippen LogP contribution in [-0.4, -0.2) is 54.8 Å². The van der Waals surface area contributed by atoms with E-state index in [0.29, 0.717) is 42.0 Å². The lowest BCUT2D eigenvalue weighted by Gasteiger charge is -2.39. The molecule has 0 spiro atoms. The molecule has 2 aromatic heterocycles. The summed E-state index contributed by atoms with van der Waals surface area (Å²) in [6.45, 7) is 13.8. The van der Waals surface area contributed by atoms with Crippen LogP contribution in [0.1, 0.15) is 38.8 Å². The van der Waals surface area contributed by atoms with Crippen LogP contribution in [0.3, 0.4) is 0 Å². The summed E-state index contributed by atoms with van der Waals surface area (Å²) in [7, 11) is 1.12. The number of fused-ring (bicyclic) bond motifs is 1. The summed E-state index contributed by atoms with van der Waals surface area (Å²) < 4.78 is 23.3. The van der Waals surface area contributed by atoms with Crippen LogP contribution in [0.2, 0.25) is 18.1 Å². The Morgan fingerprint density at radius 2 is 2.11 bits per heavy atom. The zero-order valence-electron chi connectivity index (χ0n) is 22.8. The molecule has 3 aromatic rings. The van der Waals surface area contributed by atoms with Crippen molar-refractivity contribution in [3.8, 4) is 17.3 Å². The summed E-state index contributed by atoms with van der Waals surface area (Å²) in [6.07, 6.45) is 3.57. The van der Waals surface area contributed by atoms with Gasteiger partial charge in [-0.15, -0.1) is 0 Å². The Hall–Kier alpha value is -3.56. The predicted octanol–water partition coefficient (Wildman–Crippen LogP) is 4.54. The van der Waals surface area contributed by atoms with Crippen molar-refractivity contribution < 1.29 is 13.6 Å². The van der Waals surface area contributed by atoms with Crippen LogP contribution in [-0.2, 0) is 21.7 Å². The lowest BCUT2D eigenvalue weighted by molar-refractivity contribution is 0.219. The second kappa shape index (κ2) is 9.96. The summed E-state index contributed by atoms with van der Waals surface area (Å²) in [5, 5.41) is 17.3. The number of rotatable bonds is 8. The second-order valence-electron chi connectivity index (χ2n) is 11.4. The van der Waals surface area contributed by atoms with Gasteiger partial charge in [0.25, 0.3) is 0 Å². The van der Waals surface area contributed by atoms with Crippen molar-refractivity contribution in [1.29, 1.82) is 5.26 Å². The van der Waals surface area contributed by atoms with Gasteiger partial charge in [-0.05, 0) is 35.8 Å². The number of nitrogens with one attached hydrogen (secondary N) is 1. The normalized spacial score (nSPS) is 17.2. The minimum absolute atomic E-state index is 0.0141. The molecule has 1 unspecified atom stereocenters. The molecule has 1 radical (unpaired) electrons. The third-order valence-electron chi connectivity index (χ3n) is 7.46. The van der Waals surface area contributed by atoms with Crippen LogP contribution in [0.25, 0.3) is 11.3 Å². The molecule has 0 amide bonds. The van der Waals surface area contributed by atoms with Gasteiger partial charge in [-0.1, -0.05) is 27.7 Å². The summed E-state index contributed by atoms with van der Waals surface area (Å²) in [6, 6.07) is 7.43. The van der Waals surface area contributed by atoms with E-state index < -0.39 is 19.5 Å². The number of anilines is 3. The van der Waals surface area contributed by atoms with Crippen LogP contribution in [0, 0.1) is 17.1 Å². The number of nitrogens with zero attached hydrogens (tertiary/aromatic N) is 6. The van der Waals surface area contributed by atoms with E-state index in [4.69, 9.17) is 4.43 Å². The average molecular weight is 532 g/mol. The molecule has 4 rings (SSSR count). The van der Waals surface area contributed by atoms with E-state index >= 15 is 4.39 Å². The van der Waals surface area contributed by atoms with Gasteiger partial charge in [0.05, 0.1) is 11.8 Å². The molecule has 1 aromatic carbocycles. The molecule has 38 heavy (non-hydrogen) atoms. The Bertz CT molecular complexity index is 1420. The zero-order chi connectivity index (χ0) is 27.9. The quantitative estimate of drug-likeness (QED) is 0.333. The van der Waals surface area contributed by atoms with Gasteiger partial charge in [-0.2, -0.15) is 10.4 Å². The van der Waals surface area contributed by atoms with E-state index in [0.717, 1.165) is 11.8 Å². The number of aromatic nitrogens is 4. The minimum atomic E-state index is -2.09. The highest BCUT2D eigenvalue weighted by molar-refractivity contribution is 6.74. The minimum Gasteiger partial charge on any atom is -0.416 e. The smallest absolute Gasteiger partial charge is 0.329 e. The van der Waals surface area contributed by atoms with Crippen molar-refractivity contribution in [3.05, 3.63) is 47.5 Å². The molecule has 3 heterocycles. The third kappa shape index (κ3) is 5.21. The van der Waals surface area contributed by atoms with Gasteiger partial charge >= 0.3 is 7.41 Å². The van der Waals surface area contributed by atoms with E-state index in [1.165, 1.54) is 7.41 Å². The summed E-state index contributed by atoms with van der Waals surface area (Å²) in [5.41, 5.74) is 1.71. The zero-order valence-corrected chi connectivity index (χ0v) is 23.8. The number of hydrogen-bond donors (Lipinski definition) is 1. The summed E-state index contributed by atoms with van der Waals surface area (Å²) in [4.78, 5) is 21.7. The predicted molar refractivity (Wildman–Crippen MR) is 149 cm³/mol. The molecule has 1 aliphatic heterocycles. The number of halogens is 1. The molecule has 12 heteroatoms. The van der Waals surface area contributed by atoms with Crippen molar-refractivity contribution in [3.63, 3.8) is 0 Å². The molecule has 0 bridgehead atoms. The fourth-order valence-corrected chi connectivity index (χ4v) is 5.38. The van der Waals surface area contributed by atoms with Crippen LogP contribution in [0.15, 0.2) is 30.6 Å². The number of carbonyl (C=O) groups excluding carboxylic acids is 1. The van der Waals surface area contributed by atoms with Gasteiger partial charge in [0.1, 0.15) is 17.9 Å². The number of nitriles is 1. The molecule has 0 fully saturated rings. The maximum absolute atomic E-state index is 15.1. The third-order valence-corrected chi connectivity index (χ3v) is 11.9. The maximum Gasteiger partial charge on any atom is 0.329 e. The monoisotopic (exact) mass is 532 g/mol. The Labute approximate surface area is 224 Å². The average Bonchev–Trinajstić information content (AvgIpc) is 3.38. The number of carbonyl (C=O) groups is 1. The highest BCUT2D eigenvalue weighted by Crippen LogP contribution is 2.46. The highest BCUT2D eigenvalue weighted by atomic mass is 28.4. The van der Waals surface area contributed by atoms with Gasteiger partial charge in [-0.25, -0.2) is 14.4 Å². The van der Waals surface area contributed by atoms with Gasteiger partial charge < -0.3 is 19.3 Å². The molecule has 1 aliphatic rings. The topological polar surface area (TPSA) is 109 Å². The van der Waals surface area contributed by atoms with Gasteiger partial charge in [-0.3, -0.25) is 4.68 Å². The Morgan fingerprint density at radius 3 is 2.71 bits per heavy atom. The fourth-order valence-electron chi connectivity index (χ4n) is 4.27. The molecule has 1 N–H and O–H groups in total. The Kier molecular flexibility index (Phi) is 7.20. The summed E-state index contributed by atoms with van der Waals surface area (Å²) >= 11 is 0. The lowest BCUT2D eigenvalue weighted by atomic mass is 9.83. The van der Waals surface area contributed by atoms with Gasteiger partial charge in [0.15, 0.2) is 20.0 Å². The molecule has 0 aliphatic carbocycles. The first-order chi connectivity index (χ1) is 17.8. The first-order valence-corrected chi connectivity index (χ1v) is 15.3. The van der Waals surface area contributed by atoms with Crippen LogP contribution >= 0.6 is 0 Å². The number of benzene rings is 1. The van der Waals surface area contributed by atoms with E-state index in [1.807, 2.05) is 13.0 Å². The van der Waals surface area contributed by atoms with E-state index in [1.54, 1.807) is 34.9 Å². The first-order valence-electron chi connectivity index (χ1n) is 12.4. The van der Waals surface area contributed by atoms with E-state index in [9.17, 15) is 10.1 Å². The van der Waals surface area contributed by atoms with Crippen LogP contribution in [0.5, 0.6) is 0 Å². The van der Waals surface area contributed by atoms with Crippen molar-refractivity contribution in [2.75, 3.05) is 23.3 Å². The molecule has 0 saturated carbocycles. The standard InChI is InChI=1S/C26H32BFN7O2Si/c1-25(2,3)38(6,7)37-15-26(4)14-35(27-16-36)23-18(12-29)10-17(11-19(23)26)22-20(28)13-30-24(32-22)31-21-8-9-34(5)33-21/h8-11,13,16H,14-15H2,1-7H3,(H,30,31,32,33). The first kappa shape index (κ1) is 27.5. The maximum atomic E-state index is 15.1. The second-order valence-corrected chi connectivity index (χ2v) is 16.3. The SMILES string of the molecule is Cn1ccc(Nc2ncc(F)c(-c3cc(C#N)c4c(c3)C(C)(CO[Si](C)(C)C(C)(C)C)CN4[B]C=O)n2)n1. The number of hydrogen-bond acceptors (Lipinski definition) is 8. The van der Waals surface area contributed by atoms with Crippen molar-refractivity contribution in [1.82, 2.24) is 19.7 Å². The molecule has 0 saturated heterocycles. The summed E-state index contributed by atoms with van der Waals surface area (Å²) in [5.74, 6) is 0.0834. The largest absolute Gasteiger partial charge is 0.416 e.